The van der Waals surface area contributed by atoms with Crippen LogP contribution in [0.5, 0.6) is 5.88 Å². The minimum absolute atomic E-state index is 0.0391. The van der Waals surface area contributed by atoms with Gasteiger partial charge in [0.05, 0.1) is 25.2 Å². The van der Waals surface area contributed by atoms with Gasteiger partial charge in [0, 0.05) is 53.6 Å². The Morgan fingerprint density at radius 2 is 2.03 bits per heavy atom. The van der Waals surface area contributed by atoms with Crippen molar-refractivity contribution in [1.82, 2.24) is 19.1 Å². The van der Waals surface area contributed by atoms with Crippen LogP contribution in [0, 0.1) is 6.92 Å². The molecule has 182 valence electrons. The molecule has 35 heavy (non-hydrogen) atoms. The van der Waals surface area contributed by atoms with Gasteiger partial charge in [0.2, 0.25) is 5.88 Å². The lowest BCUT2D eigenvalue weighted by atomic mass is 9.93. The van der Waals surface area contributed by atoms with E-state index < -0.39 is 6.43 Å². The highest BCUT2D eigenvalue weighted by atomic mass is 127. The van der Waals surface area contributed by atoms with E-state index >= 15 is 0 Å². The maximum Gasteiger partial charge on any atom is 0.264 e. The predicted molar refractivity (Wildman–Crippen MR) is 144 cm³/mol. The molecule has 0 N–H and O–H groups in total. The van der Waals surface area contributed by atoms with Crippen molar-refractivity contribution in [1.29, 1.82) is 0 Å². The maximum atomic E-state index is 14.3. The molecule has 7 nitrogen and oxygen atoms in total. The molecule has 0 bridgehead atoms. The van der Waals surface area contributed by atoms with Gasteiger partial charge < -0.3 is 14.2 Å². The van der Waals surface area contributed by atoms with Crippen molar-refractivity contribution in [2.45, 2.75) is 26.2 Å². The number of hydrogen-bond donors (Lipinski definition) is 0. The maximum absolute atomic E-state index is 14.3. The van der Waals surface area contributed by atoms with Crippen molar-refractivity contribution in [2.75, 3.05) is 18.6 Å². The monoisotopic (exact) mass is 609 g/mol. The number of methoxy groups -OCH3 is 1. The third kappa shape index (κ3) is 4.20. The Morgan fingerprint density at radius 3 is 2.71 bits per heavy atom. The van der Waals surface area contributed by atoms with Gasteiger partial charge in [0.25, 0.3) is 12.0 Å². The molecule has 4 aromatic rings. The number of hydrogen-bond acceptors (Lipinski definition) is 5. The standard InChI is InChI=1S/C24H23F2IN5O2P/c1-13-7-18-20(30(2)24(13)33)10-21(34-3)29-23(18)31-6-4-5-14-8-16(15-11-28-32(12-15)35-27)17(22(25)26)9-19(14)31/h7-12,22,35H,4-6H2,1-3H3. The van der Waals surface area contributed by atoms with E-state index in [-0.39, 0.29) is 11.1 Å². The lowest BCUT2D eigenvalue weighted by Gasteiger charge is -2.32. The van der Waals surface area contributed by atoms with Crippen LogP contribution in [0.3, 0.4) is 0 Å². The summed E-state index contributed by atoms with van der Waals surface area (Å²) >= 11 is 2.21. The fraction of sp³-hybridized carbons (Fsp3) is 0.292. The number of nitrogens with zero attached hydrogens (tertiary/aromatic N) is 5. The minimum atomic E-state index is -2.65. The number of pyridine rings is 2. The van der Waals surface area contributed by atoms with Crippen molar-refractivity contribution >= 4 is 50.8 Å². The first kappa shape index (κ1) is 24.1. The Labute approximate surface area is 215 Å². The van der Waals surface area contributed by atoms with E-state index in [0.717, 1.165) is 23.8 Å². The summed E-state index contributed by atoms with van der Waals surface area (Å²) in [5.41, 5.74) is 3.97. The van der Waals surface area contributed by atoms with Gasteiger partial charge >= 0.3 is 0 Å². The van der Waals surface area contributed by atoms with Crippen molar-refractivity contribution in [3.63, 3.8) is 0 Å². The number of aryl methyl sites for hydroxylation is 3. The molecule has 0 fully saturated rings. The van der Waals surface area contributed by atoms with E-state index in [1.165, 1.54) is 7.11 Å². The van der Waals surface area contributed by atoms with Gasteiger partial charge in [-0.2, -0.15) is 10.1 Å². The Hall–Kier alpha value is -2.59. The molecule has 11 heteroatoms. The summed E-state index contributed by atoms with van der Waals surface area (Å²) in [5, 5.41) is 5.05. The van der Waals surface area contributed by atoms with Crippen molar-refractivity contribution in [3.05, 3.63) is 63.7 Å². The predicted octanol–water partition coefficient (Wildman–Crippen LogP) is 5.93. The van der Waals surface area contributed by atoms with Gasteiger partial charge in [0.1, 0.15) is 5.82 Å². The van der Waals surface area contributed by atoms with Gasteiger partial charge in [-0.25, -0.2) is 13.2 Å². The quantitative estimate of drug-likeness (QED) is 0.208. The topological polar surface area (TPSA) is 65.2 Å². The third-order valence-electron chi connectivity index (χ3n) is 6.41. The summed E-state index contributed by atoms with van der Waals surface area (Å²) in [5.74, 6) is 0.946. The summed E-state index contributed by atoms with van der Waals surface area (Å²) in [6.07, 6.45) is 2.79. The highest BCUT2D eigenvalue weighted by molar-refractivity contribution is 14.2. The van der Waals surface area contributed by atoms with Crippen LogP contribution in [0.1, 0.15) is 29.5 Å². The van der Waals surface area contributed by atoms with Gasteiger partial charge in [0.15, 0.2) is 0 Å². The fourth-order valence-corrected chi connectivity index (χ4v) is 5.77. The van der Waals surface area contributed by atoms with Gasteiger partial charge in [-0.3, -0.25) is 4.79 Å². The summed E-state index contributed by atoms with van der Waals surface area (Å²) in [6, 6.07) is 6.99. The molecule has 5 rings (SSSR count). The largest absolute Gasteiger partial charge is 0.481 e. The second-order valence-corrected chi connectivity index (χ2v) is 10.6. The lowest BCUT2D eigenvalue weighted by Crippen LogP contribution is -2.27. The number of rotatable bonds is 5. The number of halogens is 3. The van der Waals surface area contributed by atoms with E-state index in [1.54, 1.807) is 47.5 Å². The molecule has 0 aliphatic carbocycles. The highest BCUT2D eigenvalue weighted by Gasteiger charge is 2.27. The third-order valence-corrected chi connectivity index (χ3v) is 8.31. The molecule has 1 aromatic carbocycles. The fourth-order valence-electron chi connectivity index (χ4n) is 4.69. The van der Waals surface area contributed by atoms with Crippen LogP contribution in [0.15, 0.2) is 41.5 Å². The zero-order valence-corrected chi connectivity index (χ0v) is 22.5. The molecule has 0 saturated carbocycles. The average molecular weight is 609 g/mol. The second kappa shape index (κ2) is 9.46. The molecule has 1 aliphatic rings. The summed E-state index contributed by atoms with van der Waals surface area (Å²) in [7, 11) is 3.23. The highest BCUT2D eigenvalue weighted by Crippen LogP contribution is 2.43. The Kier molecular flexibility index (Phi) is 6.52. The van der Waals surface area contributed by atoms with Crippen LogP contribution in [0.4, 0.5) is 20.3 Å². The molecule has 4 heterocycles. The van der Waals surface area contributed by atoms with Crippen LogP contribution in [0.25, 0.3) is 22.0 Å². The van der Waals surface area contributed by atoms with E-state index in [9.17, 15) is 13.6 Å². The normalized spacial score (nSPS) is 13.9. The number of ether oxygens (including phenoxy) is 1. The summed E-state index contributed by atoms with van der Waals surface area (Å²) in [4.78, 5) is 19.3. The minimum Gasteiger partial charge on any atom is -0.481 e. The first-order chi connectivity index (χ1) is 16.8. The molecular weight excluding hydrogens is 586 g/mol. The number of alkyl halides is 2. The zero-order valence-electron chi connectivity index (χ0n) is 19.3. The van der Waals surface area contributed by atoms with E-state index in [2.05, 4.69) is 27.1 Å². The molecule has 1 unspecified atom stereocenters. The first-order valence-electron chi connectivity index (χ1n) is 11.0. The van der Waals surface area contributed by atoms with Gasteiger partial charge in [-0.15, -0.1) is 0 Å². The molecule has 0 spiro atoms. The van der Waals surface area contributed by atoms with Crippen LogP contribution in [-0.2, 0) is 13.5 Å². The molecular formula is C24H23F2IN5O2P. The van der Waals surface area contributed by atoms with Crippen molar-refractivity contribution in [3.8, 4) is 17.0 Å². The van der Waals surface area contributed by atoms with Gasteiger partial charge in [-0.1, -0.05) is 0 Å². The smallest absolute Gasteiger partial charge is 0.264 e. The van der Waals surface area contributed by atoms with Crippen LogP contribution < -0.4 is 15.2 Å². The van der Waals surface area contributed by atoms with Crippen molar-refractivity contribution < 1.29 is 13.5 Å². The number of aromatic nitrogens is 4. The molecule has 1 aliphatic heterocycles. The van der Waals surface area contributed by atoms with Crippen molar-refractivity contribution in [2.24, 2.45) is 7.05 Å². The molecule has 0 radical (unpaired) electrons. The average Bonchev–Trinajstić information content (AvgIpc) is 3.35. The number of benzene rings is 1. The zero-order chi connectivity index (χ0) is 24.9. The SMILES string of the molecule is COc1cc2c(cc(C)c(=O)n2C)c(N2CCCc3cc(-c4cnn(PI)c4)c(C(F)F)cc32)n1. The summed E-state index contributed by atoms with van der Waals surface area (Å²) < 4.78 is 37.4. The van der Waals surface area contributed by atoms with Crippen LogP contribution in [-0.4, -0.2) is 32.8 Å². The first-order valence-corrected chi connectivity index (χ1v) is 15.1. The molecule has 3 aromatic heterocycles. The van der Waals surface area contributed by atoms with Crippen LogP contribution >= 0.6 is 28.4 Å². The molecule has 0 saturated heterocycles. The number of fused-ring (bicyclic) bond motifs is 2. The van der Waals surface area contributed by atoms with E-state index in [0.29, 0.717) is 52.5 Å². The van der Waals surface area contributed by atoms with Crippen LogP contribution in [0.2, 0.25) is 0 Å². The second-order valence-electron chi connectivity index (χ2n) is 8.49. The van der Waals surface area contributed by atoms with Gasteiger partial charge in [-0.05, 0) is 71.1 Å². The Balaban J connectivity index is 1.74. The molecule has 1 atom stereocenters. The Morgan fingerprint density at radius 1 is 1.23 bits per heavy atom. The lowest BCUT2D eigenvalue weighted by molar-refractivity contribution is 0.152. The van der Waals surface area contributed by atoms with E-state index in [1.807, 2.05) is 17.0 Å². The summed E-state index contributed by atoms with van der Waals surface area (Å²) in [6.45, 7) is 2.37. The Bertz CT molecular complexity index is 1500. The number of anilines is 2. The van der Waals surface area contributed by atoms with E-state index in [4.69, 9.17) is 9.72 Å². The molecule has 0 amide bonds.